The van der Waals surface area contributed by atoms with E-state index in [0.29, 0.717) is 37.0 Å². The van der Waals surface area contributed by atoms with Gasteiger partial charge in [-0.3, -0.25) is 14.9 Å². The summed E-state index contributed by atoms with van der Waals surface area (Å²) in [6, 6.07) is 3.17. The highest BCUT2D eigenvalue weighted by atomic mass is 16.5. The largest absolute Gasteiger partial charge is 0.381 e. The molecule has 1 aromatic rings. The van der Waals surface area contributed by atoms with Gasteiger partial charge in [0.1, 0.15) is 0 Å². The molecule has 1 N–H and O–H groups in total. The highest BCUT2D eigenvalue weighted by Gasteiger charge is 2.27. The average molecular weight is 461 g/mol. The van der Waals surface area contributed by atoms with E-state index >= 15 is 0 Å². The van der Waals surface area contributed by atoms with Gasteiger partial charge >= 0.3 is 6.03 Å². The molecular weight excluding hydrogens is 424 g/mol. The molecule has 2 aliphatic heterocycles. The summed E-state index contributed by atoms with van der Waals surface area (Å²) < 4.78 is 13.5. The maximum Gasteiger partial charge on any atom is 0.324 e. The van der Waals surface area contributed by atoms with Crippen LogP contribution in [0, 0.1) is 0 Å². The highest BCUT2D eigenvalue weighted by Crippen LogP contribution is 2.26. The lowest BCUT2D eigenvalue weighted by atomic mass is 9.94. The fourth-order valence-electron chi connectivity index (χ4n) is 5.03. The van der Waals surface area contributed by atoms with Crippen molar-refractivity contribution in [1.29, 1.82) is 0 Å². The zero-order valence-corrected chi connectivity index (χ0v) is 19.5. The standard InChI is InChI=1S/C24H36N4O5/c1-32-19-4-6-20(7-5-19)33-21-8-12-26(13-9-21)15-16-27-11-2-3-18(23(27)30)17-28-14-10-22(29)25-24(28)31/h2-3,11,19-21H,4-10,12-17H2,1H3,(H,25,29,31). The predicted molar refractivity (Wildman–Crippen MR) is 123 cm³/mol. The van der Waals surface area contributed by atoms with Crippen LogP contribution in [0.3, 0.4) is 0 Å². The van der Waals surface area contributed by atoms with Crippen LogP contribution >= 0.6 is 0 Å². The number of methoxy groups -OCH3 is 1. The Hall–Kier alpha value is -2.23. The summed E-state index contributed by atoms with van der Waals surface area (Å²) in [4.78, 5) is 40.1. The second-order valence-electron chi connectivity index (χ2n) is 9.37. The van der Waals surface area contributed by atoms with E-state index in [-0.39, 0.29) is 24.4 Å². The molecule has 1 saturated carbocycles. The number of ether oxygens (including phenoxy) is 2. The molecule has 1 aromatic heterocycles. The summed E-state index contributed by atoms with van der Waals surface area (Å²) in [5, 5.41) is 2.30. The van der Waals surface area contributed by atoms with Crippen molar-refractivity contribution in [3.05, 3.63) is 34.2 Å². The first-order valence-electron chi connectivity index (χ1n) is 12.2. The van der Waals surface area contributed by atoms with Gasteiger partial charge in [-0.25, -0.2) is 4.79 Å². The van der Waals surface area contributed by atoms with E-state index in [0.717, 1.165) is 58.2 Å². The molecule has 0 bridgehead atoms. The Morgan fingerprint density at radius 2 is 1.64 bits per heavy atom. The van der Waals surface area contributed by atoms with Crippen molar-refractivity contribution in [2.45, 2.75) is 76.3 Å². The van der Waals surface area contributed by atoms with E-state index in [9.17, 15) is 14.4 Å². The quantitative estimate of drug-likeness (QED) is 0.635. The molecule has 3 fully saturated rings. The first-order valence-corrected chi connectivity index (χ1v) is 12.2. The van der Waals surface area contributed by atoms with Crippen LogP contribution in [-0.2, 0) is 27.4 Å². The summed E-state index contributed by atoms with van der Waals surface area (Å²) in [6.07, 6.45) is 9.59. The maximum absolute atomic E-state index is 12.9. The molecule has 0 spiro atoms. The van der Waals surface area contributed by atoms with Crippen molar-refractivity contribution in [3.8, 4) is 0 Å². The average Bonchev–Trinajstić information content (AvgIpc) is 2.82. The molecule has 0 radical (unpaired) electrons. The summed E-state index contributed by atoms with van der Waals surface area (Å²) in [7, 11) is 1.79. The SMILES string of the molecule is COC1CCC(OC2CCN(CCn3cccc(CN4CCC(=O)NC4=O)c3=O)CC2)CC1. The smallest absolute Gasteiger partial charge is 0.324 e. The van der Waals surface area contributed by atoms with Gasteiger partial charge in [0.25, 0.3) is 5.56 Å². The van der Waals surface area contributed by atoms with E-state index in [1.807, 2.05) is 6.07 Å². The number of carbonyl (C=O) groups excluding carboxylic acids is 2. The molecule has 1 aliphatic carbocycles. The number of aromatic nitrogens is 1. The first-order chi connectivity index (χ1) is 16.0. The monoisotopic (exact) mass is 460 g/mol. The molecular formula is C24H36N4O5. The zero-order chi connectivity index (χ0) is 23.2. The van der Waals surface area contributed by atoms with Crippen molar-refractivity contribution in [2.75, 3.05) is 33.3 Å². The van der Waals surface area contributed by atoms with Crippen molar-refractivity contribution < 1.29 is 19.1 Å². The number of carbonyl (C=O) groups is 2. The van der Waals surface area contributed by atoms with Gasteiger partial charge < -0.3 is 23.8 Å². The van der Waals surface area contributed by atoms with Crippen LogP contribution in [0.5, 0.6) is 0 Å². The van der Waals surface area contributed by atoms with Gasteiger partial charge in [0.2, 0.25) is 5.91 Å². The number of nitrogens with one attached hydrogen (secondary N) is 1. The van der Waals surface area contributed by atoms with Crippen LogP contribution in [-0.4, -0.2) is 77.9 Å². The molecule has 3 heterocycles. The minimum absolute atomic E-state index is 0.0768. The molecule has 9 heteroatoms. The van der Waals surface area contributed by atoms with Crippen molar-refractivity contribution in [3.63, 3.8) is 0 Å². The minimum Gasteiger partial charge on any atom is -0.381 e. The van der Waals surface area contributed by atoms with Gasteiger partial charge in [0, 0.05) is 58.0 Å². The second kappa shape index (κ2) is 11.3. The fraction of sp³-hybridized carbons (Fsp3) is 0.708. The topological polar surface area (TPSA) is 93.1 Å². The van der Waals surface area contributed by atoms with Crippen LogP contribution in [0.2, 0.25) is 0 Å². The second-order valence-corrected chi connectivity index (χ2v) is 9.37. The molecule has 182 valence electrons. The summed E-state index contributed by atoms with van der Waals surface area (Å²) in [5.41, 5.74) is 0.490. The van der Waals surface area contributed by atoms with E-state index in [2.05, 4.69) is 10.2 Å². The van der Waals surface area contributed by atoms with E-state index in [1.54, 1.807) is 23.9 Å². The van der Waals surface area contributed by atoms with E-state index in [1.165, 1.54) is 4.90 Å². The van der Waals surface area contributed by atoms with Crippen LogP contribution in [0.15, 0.2) is 23.1 Å². The Bertz CT molecular complexity index is 872. The summed E-state index contributed by atoms with van der Waals surface area (Å²) >= 11 is 0. The maximum atomic E-state index is 12.9. The van der Waals surface area contributed by atoms with Gasteiger partial charge in [-0.15, -0.1) is 0 Å². The number of likely N-dealkylation sites (tertiary alicyclic amines) is 1. The number of piperidine rings is 1. The molecule has 2 saturated heterocycles. The third-order valence-corrected chi connectivity index (χ3v) is 7.13. The Balaban J connectivity index is 1.21. The van der Waals surface area contributed by atoms with Crippen molar-refractivity contribution >= 4 is 11.9 Å². The predicted octanol–water partition coefficient (Wildman–Crippen LogP) is 1.73. The van der Waals surface area contributed by atoms with Crippen LogP contribution < -0.4 is 10.9 Å². The van der Waals surface area contributed by atoms with Gasteiger partial charge in [-0.2, -0.15) is 0 Å². The summed E-state index contributed by atoms with van der Waals surface area (Å²) in [5.74, 6) is -0.269. The van der Waals surface area contributed by atoms with Gasteiger partial charge in [-0.05, 0) is 44.6 Å². The van der Waals surface area contributed by atoms with Gasteiger partial charge in [0.05, 0.1) is 24.9 Å². The highest BCUT2D eigenvalue weighted by molar-refractivity contribution is 5.96. The Kier molecular flexibility index (Phi) is 8.16. The van der Waals surface area contributed by atoms with Gasteiger partial charge in [-0.1, -0.05) is 6.07 Å². The number of rotatable bonds is 8. The lowest BCUT2D eigenvalue weighted by Crippen LogP contribution is -2.49. The number of hydrogen-bond donors (Lipinski definition) is 1. The van der Waals surface area contributed by atoms with Crippen molar-refractivity contribution in [2.24, 2.45) is 0 Å². The van der Waals surface area contributed by atoms with E-state index < -0.39 is 6.03 Å². The first kappa shape index (κ1) is 23.9. The lowest BCUT2D eigenvalue weighted by molar-refractivity contribution is -0.121. The molecule has 0 aromatic carbocycles. The number of hydrogen-bond acceptors (Lipinski definition) is 6. The lowest BCUT2D eigenvalue weighted by Gasteiger charge is -2.36. The number of urea groups is 1. The number of nitrogens with zero attached hydrogens (tertiary/aromatic N) is 3. The Morgan fingerprint density at radius 1 is 0.939 bits per heavy atom. The van der Waals surface area contributed by atoms with Crippen LogP contribution in [0.25, 0.3) is 0 Å². The zero-order valence-electron chi connectivity index (χ0n) is 19.5. The minimum atomic E-state index is -0.433. The number of pyridine rings is 1. The third kappa shape index (κ3) is 6.43. The molecule has 4 rings (SSSR count). The fourth-order valence-corrected chi connectivity index (χ4v) is 5.03. The molecule has 3 amide bonds. The van der Waals surface area contributed by atoms with Crippen molar-refractivity contribution in [1.82, 2.24) is 19.7 Å². The summed E-state index contributed by atoms with van der Waals surface area (Å²) in [6.45, 7) is 3.94. The number of imide groups is 1. The van der Waals surface area contributed by atoms with Gasteiger partial charge in [0.15, 0.2) is 0 Å². The third-order valence-electron chi connectivity index (χ3n) is 7.13. The molecule has 33 heavy (non-hydrogen) atoms. The normalized spacial score (nSPS) is 25.3. The van der Waals surface area contributed by atoms with E-state index in [4.69, 9.17) is 9.47 Å². The Morgan fingerprint density at radius 3 is 2.33 bits per heavy atom. The number of amides is 3. The van der Waals surface area contributed by atoms with Crippen LogP contribution in [0.4, 0.5) is 4.79 Å². The molecule has 0 atom stereocenters. The molecule has 9 nitrogen and oxygen atoms in total. The molecule has 3 aliphatic rings. The Labute approximate surface area is 195 Å². The molecule has 0 unspecified atom stereocenters. The van der Waals surface area contributed by atoms with Crippen LogP contribution in [0.1, 0.15) is 50.5 Å².